The first-order chi connectivity index (χ1) is 11.8. The van der Waals surface area contributed by atoms with E-state index >= 15 is 0 Å². The van der Waals surface area contributed by atoms with Crippen LogP contribution in [-0.2, 0) is 16.8 Å². The van der Waals surface area contributed by atoms with E-state index in [9.17, 15) is 4.79 Å². The molecule has 0 bridgehead atoms. The number of carbonyl (C=O) groups is 1. The number of hydrogen-bond donors (Lipinski definition) is 0. The monoisotopic (exact) mass is 365 g/mol. The van der Waals surface area contributed by atoms with Crippen molar-refractivity contribution in [2.24, 2.45) is 5.92 Å². The van der Waals surface area contributed by atoms with Crippen molar-refractivity contribution in [3.05, 3.63) is 16.1 Å². The molecule has 25 heavy (non-hydrogen) atoms. The summed E-state index contributed by atoms with van der Waals surface area (Å²) in [5, 5.41) is 3.38. The number of aromatic nitrogens is 1. The molecule has 0 aliphatic carbocycles. The van der Waals surface area contributed by atoms with Crippen LogP contribution in [0.4, 0.5) is 0 Å². The van der Waals surface area contributed by atoms with Gasteiger partial charge >= 0.3 is 0 Å². The molecule has 1 aromatic rings. The van der Waals surface area contributed by atoms with Crippen molar-refractivity contribution in [1.82, 2.24) is 14.8 Å². The molecule has 2 heterocycles. The van der Waals surface area contributed by atoms with Gasteiger partial charge in [0.05, 0.1) is 12.2 Å². The summed E-state index contributed by atoms with van der Waals surface area (Å²) in [6.07, 6.45) is 4.25. The Bertz CT molecular complexity index is 535. The Balaban J connectivity index is 1.84. The summed E-state index contributed by atoms with van der Waals surface area (Å²) in [4.78, 5) is 22.1. The van der Waals surface area contributed by atoms with Crippen LogP contribution >= 0.6 is 11.3 Å². The summed E-state index contributed by atoms with van der Waals surface area (Å²) in [5.74, 6) is 0.613. The highest BCUT2D eigenvalue weighted by Gasteiger charge is 2.27. The highest BCUT2D eigenvalue weighted by atomic mass is 32.1. The molecule has 0 atom stereocenters. The molecule has 1 fully saturated rings. The van der Waals surface area contributed by atoms with Crippen LogP contribution in [-0.4, -0.2) is 46.9 Å². The van der Waals surface area contributed by atoms with E-state index in [0.717, 1.165) is 58.4 Å². The van der Waals surface area contributed by atoms with Crippen LogP contribution < -0.4 is 0 Å². The molecule has 5 heteroatoms. The molecule has 142 valence electrons. The molecule has 2 rings (SSSR count). The van der Waals surface area contributed by atoms with Crippen molar-refractivity contribution in [2.45, 2.75) is 72.3 Å². The Labute approximate surface area is 157 Å². The molecule has 1 aromatic heterocycles. The Kier molecular flexibility index (Phi) is 7.44. The molecule has 0 radical (unpaired) electrons. The molecule has 0 spiro atoms. The molecule has 1 aliphatic rings. The number of thiazole rings is 1. The van der Waals surface area contributed by atoms with Crippen LogP contribution in [0, 0.1) is 5.92 Å². The fourth-order valence-corrected chi connectivity index (χ4v) is 4.45. The quantitative estimate of drug-likeness (QED) is 0.723. The van der Waals surface area contributed by atoms with E-state index in [0.29, 0.717) is 5.91 Å². The van der Waals surface area contributed by atoms with E-state index in [2.05, 4.69) is 49.8 Å². The molecule has 4 nitrogen and oxygen atoms in total. The maximum Gasteiger partial charge on any atom is 0.225 e. The first-order valence-corrected chi connectivity index (χ1v) is 10.7. The zero-order valence-corrected chi connectivity index (χ0v) is 17.5. The maximum atomic E-state index is 12.8. The summed E-state index contributed by atoms with van der Waals surface area (Å²) < 4.78 is 0. The third-order valence-corrected chi connectivity index (χ3v) is 5.82. The third kappa shape index (κ3) is 5.78. The predicted octanol–water partition coefficient (Wildman–Crippen LogP) is 4.30. The standard InChI is InChI=1S/C20H35N3OS/c1-6-8-16(9-7-2)19(24)23-12-10-22(11-13-23)14-18-21-17(15-25-18)20(3,4)5/h15-16H,6-14H2,1-5H3. The Hall–Kier alpha value is -0.940. The SMILES string of the molecule is CCCC(CCC)C(=O)N1CCN(Cc2nc(C(C)(C)C)cs2)CC1. The molecule has 0 N–H and O–H groups in total. The van der Waals surface area contributed by atoms with Crippen molar-refractivity contribution in [1.29, 1.82) is 0 Å². The second-order valence-electron chi connectivity index (χ2n) is 8.25. The van der Waals surface area contributed by atoms with Gasteiger partial charge in [0, 0.05) is 42.9 Å². The van der Waals surface area contributed by atoms with Gasteiger partial charge in [-0.3, -0.25) is 9.69 Å². The lowest BCUT2D eigenvalue weighted by Gasteiger charge is -2.36. The number of nitrogens with zero attached hydrogens (tertiary/aromatic N) is 3. The van der Waals surface area contributed by atoms with Crippen molar-refractivity contribution < 1.29 is 4.79 Å². The van der Waals surface area contributed by atoms with Crippen LogP contribution in [0.25, 0.3) is 0 Å². The van der Waals surface area contributed by atoms with Gasteiger partial charge < -0.3 is 4.90 Å². The summed E-state index contributed by atoms with van der Waals surface area (Å²) in [6, 6.07) is 0. The molecular formula is C20H35N3OS. The Morgan fingerprint density at radius 3 is 2.24 bits per heavy atom. The van der Waals surface area contributed by atoms with Gasteiger partial charge in [0.2, 0.25) is 5.91 Å². The minimum absolute atomic E-state index is 0.118. The van der Waals surface area contributed by atoms with Crippen molar-refractivity contribution >= 4 is 17.2 Å². The maximum absolute atomic E-state index is 12.8. The summed E-state index contributed by atoms with van der Waals surface area (Å²) in [6.45, 7) is 15.5. The van der Waals surface area contributed by atoms with Crippen molar-refractivity contribution in [3.8, 4) is 0 Å². The van der Waals surface area contributed by atoms with Crippen LogP contribution in [0.2, 0.25) is 0 Å². The van der Waals surface area contributed by atoms with Crippen molar-refractivity contribution in [2.75, 3.05) is 26.2 Å². The minimum atomic E-state index is 0.118. The van der Waals surface area contributed by atoms with Gasteiger partial charge in [0.25, 0.3) is 0 Å². The highest BCUT2D eigenvalue weighted by Crippen LogP contribution is 2.25. The number of amides is 1. The van der Waals surface area contributed by atoms with Crippen LogP contribution in [0.3, 0.4) is 0 Å². The third-order valence-electron chi connectivity index (χ3n) is 4.99. The lowest BCUT2D eigenvalue weighted by Crippen LogP contribution is -2.50. The van der Waals surface area contributed by atoms with Gasteiger partial charge in [-0.15, -0.1) is 11.3 Å². The van der Waals surface area contributed by atoms with E-state index < -0.39 is 0 Å². The summed E-state index contributed by atoms with van der Waals surface area (Å²) in [7, 11) is 0. The van der Waals surface area contributed by atoms with Crippen LogP contribution in [0.1, 0.15) is 71.0 Å². The van der Waals surface area contributed by atoms with Crippen molar-refractivity contribution in [3.63, 3.8) is 0 Å². The first kappa shape index (κ1) is 20.4. The molecular weight excluding hydrogens is 330 g/mol. The molecule has 1 aliphatic heterocycles. The smallest absolute Gasteiger partial charge is 0.225 e. The van der Waals surface area contributed by atoms with Gasteiger partial charge in [-0.25, -0.2) is 4.98 Å². The Morgan fingerprint density at radius 1 is 1.16 bits per heavy atom. The van der Waals surface area contributed by atoms with E-state index in [1.807, 2.05) is 0 Å². The number of rotatable bonds is 7. The topological polar surface area (TPSA) is 36.4 Å². The average molecular weight is 366 g/mol. The normalized spacial score (nSPS) is 16.6. The Morgan fingerprint density at radius 2 is 1.76 bits per heavy atom. The zero-order chi connectivity index (χ0) is 18.4. The van der Waals surface area contributed by atoms with E-state index in [1.165, 1.54) is 10.7 Å². The molecule has 0 saturated carbocycles. The number of hydrogen-bond acceptors (Lipinski definition) is 4. The number of carbonyl (C=O) groups excluding carboxylic acids is 1. The zero-order valence-electron chi connectivity index (χ0n) is 16.7. The van der Waals surface area contributed by atoms with Gasteiger partial charge in [0.1, 0.15) is 5.01 Å². The second-order valence-corrected chi connectivity index (χ2v) is 9.19. The predicted molar refractivity (Wildman–Crippen MR) is 106 cm³/mol. The van der Waals surface area contributed by atoms with Gasteiger partial charge in [-0.1, -0.05) is 47.5 Å². The lowest BCUT2D eigenvalue weighted by atomic mass is 9.93. The van der Waals surface area contributed by atoms with Gasteiger partial charge in [0.15, 0.2) is 0 Å². The van der Waals surface area contributed by atoms with E-state index in [1.54, 1.807) is 11.3 Å². The first-order valence-electron chi connectivity index (χ1n) is 9.81. The van der Waals surface area contributed by atoms with E-state index in [4.69, 9.17) is 4.98 Å². The van der Waals surface area contributed by atoms with E-state index in [-0.39, 0.29) is 11.3 Å². The molecule has 0 aromatic carbocycles. The van der Waals surface area contributed by atoms with Crippen LogP contribution in [0.15, 0.2) is 5.38 Å². The largest absolute Gasteiger partial charge is 0.340 e. The molecule has 0 unspecified atom stereocenters. The molecule has 1 amide bonds. The summed E-state index contributed by atoms with van der Waals surface area (Å²) >= 11 is 1.76. The lowest BCUT2D eigenvalue weighted by molar-refractivity contribution is -0.137. The average Bonchev–Trinajstić information content (AvgIpc) is 3.03. The highest BCUT2D eigenvalue weighted by molar-refractivity contribution is 7.09. The second kappa shape index (κ2) is 9.13. The van der Waals surface area contributed by atoms with Gasteiger partial charge in [-0.05, 0) is 12.8 Å². The minimum Gasteiger partial charge on any atom is -0.340 e. The fraction of sp³-hybridized carbons (Fsp3) is 0.800. The molecule has 1 saturated heterocycles. The number of piperazine rings is 1. The van der Waals surface area contributed by atoms with Crippen LogP contribution in [0.5, 0.6) is 0 Å². The fourth-order valence-electron chi connectivity index (χ4n) is 3.39. The van der Waals surface area contributed by atoms with Gasteiger partial charge in [-0.2, -0.15) is 0 Å². The summed E-state index contributed by atoms with van der Waals surface area (Å²) in [5.41, 5.74) is 1.30.